The molecule has 194 valence electrons. The third kappa shape index (κ3) is 5.30. The minimum atomic E-state index is -0.226. The molecule has 0 radical (unpaired) electrons. The van der Waals surface area contributed by atoms with Gasteiger partial charge in [-0.3, -0.25) is 4.79 Å². The van der Waals surface area contributed by atoms with Gasteiger partial charge in [0.1, 0.15) is 11.5 Å². The highest BCUT2D eigenvalue weighted by Crippen LogP contribution is 2.34. The Morgan fingerprint density at radius 1 is 0.897 bits per heavy atom. The fourth-order valence-corrected chi connectivity index (χ4v) is 5.08. The van der Waals surface area contributed by atoms with E-state index in [1.807, 2.05) is 84.2 Å². The molecule has 1 aliphatic heterocycles. The first kappa shape index (κ1) is 24.6. The molecule has 1 atom stereocenters. The molecule has 3 aromatic carbocycles. The second-order valence-corrected chi connectivity index (χ2v) is 9.79. The van der Waals surface area contributed by atoms with Crippen molar-refractivity contribution in [1.82, 2.24) is 15.2 Å². The van der Waals surface area contributed by atoms with Gasteiger partial charge in [-0.25, -0.2) is 5.01 Å². The number of rotatable bonds is 8. The Morgan fingerprint density at radius 3 is 2.26 bits per heavy atom. The van der Waals surface area contributed by atoms with Crippen molar-refractivity contribution in [2.45, 2.75) is 12.5 Å². The summed E-state index contributed by atoms with van der Waals surface area (Å²) in [7, 11) is 1.63. The zero-order chi connectivity index (χ0) is 26.6. The van der Waals surface area contributed by atoms with E-state index in [1.54, 1.807) is 30.6 Å². The number of hydrogen-bond acceptors (Lipinski definition) is 8. The molecule has 0 N–H and O–H groups in total. The first-order chi connectivity index (χ1) is 19.2. The average Bonchev–Trinajstić information content (AvgIpc) is 3.78. The third-order valence-electron chi connectivity index (χ3n) is 6.38. The Morgan fingerprint density at radius 2 is 1.59 bits per heavy atom. The van der Waals surface area contributed by atoms with Crippen LogP contribution in [0.4, 0.5) is 0 Å². The lowest BCUT2D eigenvalue weighted by atomic mass is 10.0. The van der Waals surface area contributed by atoms with Crippen molar-refractivity contribution in [2.75, 3.05) is 13.7 Å². The summed E-state index contributed by atoms with van der Waals surface area (Å²) in [4.78, 5) is 14.4. The lowest BCUT2D eigenvalue weighted by molar-refractivity contribution is -0.135. The highest BCUT2D eigenvalue weighted by molar-refractivity contribution is 7.12. The summed E-state index contributed by atoms with van der Waals surface area (Å²) >= 11 is 1.61. The van der Waals surface area contributed by atoms with Crippen molar-refractivity contribution in [3.63, 3.8) is 0 Å². The summed E-state index contributed by atoms with van der Waals surface area (Å²) in [6, 6.07) is 28.3. The molecular weight excluding hydrogens is 512 g/mol. The molecule has 0 saturated carbocycles. The summed E-state index contributed by atoms with van der Waals surface area (Å²) in [6.07, 6.45) is 0.627. The number of hydrazone groups is 1. The Hall–Kier alpha value is -4.76. The van der Waals surface area contributed by atoms with Gasteiger partial charge in [0.15, 0.2) is 6.61 Å². The van der Waals surface area contributed by atoms with E-state index in [4.69, 9.17) is 19.0 Å². The second kappa shape index (κ2) is 10.9. The van der Waals surface area contributed by atoms with Gasteiger partial charge in [0.25, 0.3) is 5.91 Å². The van der Waals surface area contributed by atoms with Crippen LogP contribution in [0.1, 0.15) is 22.9 Å². The van der Waals surface area contributed by atoms with Crippen molar-refractivity contribution in [2.24, 2.45) is 5.10 Å². The zero-order valence-electron chi connectivity index (χ0n) is 21.1. The Labute approximate surface area is 229 Å². The molecule has 8 nitrogen and oxygen atoms in total. The van der Waals surface area contributed by atoms with Gasteiger partial charge in [0.2, 0.25) is 11.8 Å². The van der Waals surface area contributed by atoms with Gasteiger partial charge in [-0.05, 0) is 65.5 Å². The van der Waals surface area contributed by atoms with Crippen LogP contribution >= 0.6 is 11.3 Å². The van der Waals surface area contributed by atoms with Gasteiger partial charge in [-0.2, -0.15) is 5.10 Å². The topological polar surface area (TPSA) is 90.0 Å². The van der Waals surface area contributed by atoms with Crippen molar-refractivity contribution in [1.29, 1.82) is 0 Å². The molecule has 6 rings (SSSR count). The van der Waals surface area contributed by atoms with Crippen LogP contribution in [-0.2, 0) is 4.79 Å². The Balaban J connectivity index is 1.14. The number of thiophene rings is 1. The minimum Gasteiger partial charge on any atom is -0.497 e. The molecule has 1 amide bonds. The molecule has 5 aromatic rings. The SMILES string of the molecule is COc1ccc(C2CC(c3cccs3)=NN2C(=O)COc2ccc(-c3nnc(-c4ccccc4)o3)cc2)cc1. The maximum Gasteiger partial charge on any atom is 0.281 e. The van der Waals surface area contributed by atoms with Crippen molar-refractivity contribution >= 4 is 23.0 Å². The van der Waals surface area contributed by atoms with Gasteiger partial charge >= 0.3 is 0 Å². The molecule has 0 fully saturated rings. The van der Waals surface area contributed by atoms with E-state index in [0.717, 1.165) is 33.0 Å². The van der Waals surface area contributed by atoms with Crippen LogP contribution in [0.5, 0.6) is 11.5 Å². The molecule has 39 heavy (non-hydrogen) atoms. The zero-order valence-corrected chi connectivity index (χ0v) is 21.9. The van der Waals surface area contributed by atoms with Crippen LogP contribution in [0.2, 0.25) is 0 Å². The van der Waals surface area contributed by atoms with Crippen LogP contribution in [0, 0.1) is 0 Å². The quantitative estimate of drug-likeness (QED) is 0.234. The monoisotopic (exact) mass is 536 g/mol. The maximum atomic E-state index is 13.3. The van der Waals surface area contributed by atoms with Crippen molar-refractivity contribution in [3.8, 4) is 34.4 Å². The number of amides is 1. The molecule has 0 saturated heterocycles. The molecule has 0 aliphatic carbocycles. The Kier molecular flexibility index (Phi) is 6.88. The predicted octanol–water partition coefficient (Wildman–Crippen LogP) is 6.23. The van der Waals surface area contributed by atoms with Gasteiger partial charge in [0.05, 0.1) is 23.7 Å². The van der Waals surface area contributed by atoms with Crippen molar-refractivity contribution < 1.29 is 18.7 Å². The van der Waals surface area contributed by atoms with Gasteiger partial charge in [-0.15, -0.1) is 21.5 Å². The van der Waals surface area contributed by atoms with Crippen molar-refractivity contribution in [3.05, 3.63) is 107 Å². The number of hydrogen-bond donors (Lipinski definition) is 0. The standard InChI is InChI=1S/C30H24N4O4S/c1-36-23-13-9-20(10-14-23)26-18-25(27-8-5-17-39-27)33-34(26)28(35)19-37-24-15-11-22(12-16-24)30-32-31-29(38-30)21-6-3-2-4-7-21/h2-17,26H,18-19H2,1H3. The highest BCUT2D eigenvalue weighted by atomic mass is 32.1. The van der Waals surface area contributed by atoms with E-state index in [1.165, 1.54) is 5.01 Å². The number of nitrogens with zero attached hydrogens (tertiary/aromatic N) is 4. The number of carbonyl (C=O) groups is 1. The van der Waals surface area contributed by atoms with E-state index in [-0.39, 0.29) is 18.6 Å². The molecule has 3 heterocycles. The number of methoxy groups -OCH3 is 1. The van der Waals surface area contributed by atoms with E-state index in [2.05, 4.69) is 10.2 Å². The number of benzene rings is 3. The molecule has 2 aromatic heterocycles. The summed E-state index contributed by atoms with van der Waals surface area (Å²) in [5.74, 6) is 1.95. The number of aromatic nitrogens is 2. The normalized spacial score (nSPS) is 14.7. The van der Waals surface area contributed by atoms with Crippen LogP contribution in [0.3, 0.4) is 0 Å². The summed E-state index contributed by atoms with van der Waals surface area (Å²) in [6.45, 7) is -0.147. The van der Waals surface area contributed by atoms with E-state index in [0.29, 0.717) is 24.0 Å². The van der Waals surface area contributed by atoms with E-state index in [9.17, 15) is 4.79 Å². The predicted molar refractivity (Wildman–Crippen MR) is 149 cm³/mol. The molecular formula is C30H24N4O4S. The molecule has 0 bridgehead atoms. The highest BCUT2D eigenvalue weighted by Gasteiger charge is 2.33. The minimum absolute atomic E-state index is 0.147. The summed E-state index contributed by atoms with van der Waals surface area (Å²) in [5, 5.41) is 16.5. The second-order valence-electron chi connectivity index (χ2n) is 8.85. The van der Waals surface area contributed by atoms with E-state index < -0.39 is 0 Å². The molecule has 0 spiro atoms. The fourth-order valence-electron chi connectivity index (χ4n) is 4.36. The van der Waals surface area contributed by atoms with E-state index >= 15 is 0 Å². The Bertz CT molecular complexity index is 1580. The first-order valence-corrected chi connectivity index (χ1v) is 13.3. The lowest BCUT2D eigenvalue weighted by Gasteiger charge is -2.22. The molecule has 1 aliphatic rings. The first-order valence-electron chi connectivity index (χ1n) is 12.4. The number of carbonyl (C=O) groups excluding carboxylic acids is 1. The van der Waals surface area contributed by atoms with Crippen LogP contribution < -0.4 is 9.47 Å². The van der Waals surface area contributed by atoms with Gasteiger partial charge < -0.3 is 13.9 Å². The lowest BCUT2D eigenvalue weighted by Crippen LogP contribution is -2.31. The van der Waals surface area contributed by atoms with Gasteiger partial charge in [0, 0.05) is 17.5 Å². The average molecular weight is 537 g/mol. The van der Waals surface area contributed by atoms with Crippen LogP contribution in [0.25, 0.3) is 22.9 Å². The number of ether oxygens (including phenoxy) is 2. The molecule has 1 unspecified atom stereocenters. The van der Waals surface area contributed by atoms with Crippen LogP contribution in [-0.4, -0.2) is 40.5 Å². The molecule has 9 heteroatoms. The summed E-state index contributed by atoms with van der Waals surface area (Å²) < 4.78 is 17.0. The largest absolute Gasteiger partial charge is 0.497 e. The van der Waals surface area contributed by atoms with Crippen LogP contribution in [0.15, 0.2) is 106 Å². The van der Waals surface area contributed by atoms with Gasteiger partial charge in [-0.1, -0.05) is 36.4 Å². The third-order valence-corrected chi connectivity index (χ3v) is 7.30. The smallest absolute Gasteiger partial charge is 0.281 e. The fraction of sp³-hybridized carbons (Fsp3) is 0.133. The summed E-state index contributed by atoms with van der Waals surface area (Å²) in [5.41, 5.74) is 3.48. The maximum absolute atomic E-state index is 13.3.